The summed E-state index contributed by atoms with van der Waals surface area (Å²) < 4.78 is 78.5. The Morgan fingerprint density at radius 1 is 0.833 bits per heavy atom. The second-order valence-corrected chi connectivity index (χ2v) is 5.83. The molecule has 1 heterocycles. The summed E-state index contributed by atoms with van der Waals surface area (Å²) in [7, 11) is 0. The molecule has 24 heavy (non-hydrogen) atoms. The van der Waals surface area contributed by atoms with E-state index < -0.39 is 23.5 Å². The Kier molecular flexibility index (Phi) is 3.86. The van der Waals surface area contributed by atoms with E-state index in [1.165, 1.54) is 23.0 Å². The first kappa shape index (κ1) is 16.8. The number of hydrogen-bond donors (Lipinski definition) is 0. The van der Waals surface area contributed by atoms with E-state index in [-0.39, 0.29) is 16.7 Å². The lowest BCUT2D eigenvalue weighted by atomic mass is 10.1. The van der Waals surface area contributed by atoms with Gasteiger partial charge in [0.15, 0.2) is 0 Å². The molecule has 0 saturated carbocycles. The maximum atomic E-state index is 12.9. The van der Waals surface area contributed by atoms with Gasteiger partial charge in [0.05, 0.1) is 27.8 Å². The number of fused-ring (bicyclic) bond motifs is 1. The van der Waals surface area contributed by atoms with Crippen LogP contribution >= 0.6 is 15.9 Å². The molecule has 1 aromatic heterocycles. The number of rotatable bonds is 1. The average molecular weight is 409 g/mol. The molecule has 9 heteroatoms. The highest BCUT2D eigenvalue weighted by atomic mass is 79.9. The zero-order chi connectivity index (χ0) is 17.7. The van der Waals surface area contributed by atoms with E-state index in [4.69, 9.17) is 0 Å². The first-order chi connectivity index (χ1) is 11.1. The largest absolute Gasteiger partial charge is 0.416 e. The van der Waals surface area contributed by atoms with Crippen LogP contribution in [-0.2, 0) is 12.4 Å². The van der Waals surface area contributed by atoms with E-state index in [1.54, 1.807) is 0 Å². The SMILES string of the molecule is FC(F)(F)c1ccc(Br)c(-n2cnc3cc(C(F)(F)F)ccc32)c1. The number of imidazole rings is 1. The molecule has 0 spiro atoms. The van der Waals surface area contributed by atoms with Gasteiger partial charge >= 0.3 is 12.4 Å². The van der Waals surface area contributed by atoms with Gasteiger partial charge in [0.25, 0.3) is 0 Å². The summed E-state index contributed by atoms with van der Waals surface area (Å²) in [5.41, 5.74) is -1.30. The van der Waals surface area contributed by atoms with Crippen LogP contribution in [0.1, 0.15) is 11.1 Å². The van der Waals surface area contributed by atoms with Crippen LogP contribution in [0.5, 0.6) is 0 Å². The predicted molar refractivity (Wildman–Crippen MR) is 78.8 cm³/mol. The standard InChI is InChI=1S/C15H7BrF6N2/c16-10-3-1-9(15(20,21)22)6-13(10)24-7-23-11-5-8(14(17,18)19)2-4-12(11)24/h1-7H. The van der Waals surface area contributed by atoms with Crippen molar-refractivity contribution in [3.63, 3.8) is 0 Å². The minimum absolute atomic E-state index is 0.0362. The Bertz CT molecular complexity index is 910. The van der Waals surface area contributed by atoms with Gasteiger partial charge < -0.3 is 0 Å². The van der Waals surface area contributed by atoms with Crippen molar-refractivity contribution in [3.05, 3.63) is 58.3 Å². The summed E-state index contributed by atoms with van der Waals surface area (Å²) in [5, 5.41) is 0. The molecule has 0 aliphatic heterocycles. The van der Waals surface area contributed by atoms with Crippen LogP contribution in [0.15, 0.2) is 47.2 Å². The van der Waals surface area contributed by atoms with Gasteiger partial charge in [-0.2, -0.15) is 26.3 Å². The molecule has 2 aromatic carbocycles. The van der Waals surface area contributed by atoms with Crippen molar-refractivity contribution in [1.29, 1.82) is 0 Å². The number of halogens is 7. The summed E-state index contributed by atoms with van der Waals surface area (Å²) >= 11 is 3.15. The van der Waals surface area contributed by atoms with Crippen LogP contribution in [0.3, 0.4) is 0 Å². The van der Waals surface area contributed by atoms with Crippen molar-refractivity contribution < 1.29 is 26.3 Å². The van der Waals surface area contributed by atoms with E-state index in [9.17, 15) is 26.3 Å². The molecular formula is C15H7BrF6N2. The van der Waals surface area contributed by atoms with Crippen molar-refractivity contribution in [1.82, 2.24) is 9.55 Å². The van der Waals surface area contributed by atoms with Crippen LogP contribution in [0.2, 0.25) is 0 Å². The van der Waals surface area contributed by atoms with Crippen LogP contribution in [0.4, 0.5) is 26.3 Å². The molecule has 0 unspecified atom stereocenters. The van der Waals surface area contributed by atoms with Gasteiger partial charge in [-0.3, -0.25) is 4.57 Å². The van der Waals surface area contributed by atoms with Crippen molar-refractivity contribution in [2.24, 2.45) is 0 Å². The summed E-state index contributed by atoms with van der Waals surface area (Å²) in [6.45, 7) is 0. The predicted octanol–water partition coefficient (Wildman–Crippen LogP) is 5.83. The summed E-state index contributed by atoms with van der Waals surface area (Å²) in [6.07, 6.45) is -7.87. The van der Waals surface area contributed by atoms with Crippen molar-refractivity contribution in [2.45, 2.75) is 12.4 Å². The molecule has 0 bridgehead atoms. The molecule has 3 rings (SSSR count). The Morgan fingerprint density at radius 3 is 2.04 bits per heavy atom. The van der Waals surface area contributed by atoms with Gasteiger partial charge in [0.1, 0.15) is 6.33 Å². The maximum absolute atomic E-state index is 12.9. The number of aromatic nitrogens is 2. The van der Waals surface area contributed by atoms with Crippen LogP contribution in [0, 0.1) is 0 Å². The third kappa shape index (κ3) is 3.00. The molecule has 0 N–H and O–H groups in total. The highest BCUT2D eigenvalue weighted by Gasteiger charge is 2.32. The molecule has 0 saturated heterocycles. The molecule has 0 atom stereocenters. The van der Waals surface area contributed by atoms with Gasteiger partial charge in [0.2, 0.25) is 0 Å². The van der Waals surface area contributed by atoms with Gasteiger partial charge in [-0.25, -0.2) is 4.98 Å². The monoisotopic (exact) mass is 408 g/mol. The number of nitrogens with zero attached hydrogens (tertiary/aromatic N) is 2. The van der Waals surface area contributed by atoms with Crippen molar-refractivity contribution in [3.8, 4) is 5.69 Å². The van der Waals surface area contributed by atoms with Crippen LogP contribution < -0.4 is 0 Å². The fraction of sp³-hybridized carbons (Fsp3) is 0.133. The lowest BCUT2D eigenvalue weighted by Gasteiger charge is -2.12. The summed E-state index contributed by atoms with van der Waals surface area (Å²) in [5.74, 6) is 0. The zero-order valence-electron chi connectivity index (χ0n) is 11.6. The lowest BCUT2D eigenvalue weighted by Crippen LogP contribution is -2.06. The van der Waals surface area contributed by atoms with Crippen LogP contribution in [0.25, 0.3) is 16.7 Å². The van der Waals surface area contributed by atoms with Crippen molar-refractivity contribution in [2.75, 3.05) is 0 Å². The minimum Gasteiger partial charge on any atom is -0.298 e. The minimum atomic E-state index is -4.53. The van der Waals surface area contributed by atoms with E-state index in [0.717, 1.165) is 24.3 Å². The third-order valence-corrected chi connectivity index (χ3v) is 4.08. The fourth-order valence-electron chi connectivity index (χ4n) is 2.25. The molecule has 126 valence electrons. The van der Waals surface area contributed by atoms with Gasteiger partial charge in [-0.05, 0) is 52.3 Å². The smallest absolute Gasteiger partial charge is 0.298 e. The van der Waals surface area contributed by atoms with E-state index in [0.29, 0.717) is 4.47 Å². The lowest BCUT2D eigenvalue weighted by molar-refractivity contribution is -0.138. The molecule has 0 aliphatic carbocycles. The average Bonchev–Trinajstić information content (AvgIpc) is 2.88. The normalized spacial score (nSPS) is 12.8. The first-order valence-corrected chi connectivity index (χ1v) is 7.28. The Labute approximate surface area is 139 Å². The molecule has 0 aliphatic rings. The topological polar surface area (TPSA) is 17.8 Å². The molecule has 3 aromatic rings. The van der Waals surface area contributed by atoms with Gasteiger partial charge in [0, 0.05) is 4.47 Å². The highest BCUT2D eigenvalue weighted by Crippen LogP contribution is 2.35. The van der Waals surface area contributed by atoms with Gasteiger partial charge in [-0.15, -0.1) is 0 Å². The Hall–Kier alpha value is -2.03. The molecular weight excluding hydrogens is 402 g/mol. The Morgan fingerprint density at radius 2 is 1.42 bits per heavy atom. The van der Waals surface area contributed by atoms with E-state index in [1.807, 2.05) is 0 Å². The van der Waals surface area contributed by atoms with E-state index >= 15 is 0 Å². The first-order valence-electron chi connectivity index (χ1n) is 6.49. The second-order valence-electron chi connectivity index (χ2n) is 4.98. The Balaban J connectivity index is 2.17. The zero-order valence-corrected chi connectivity index (χ0v) is 13.2. The fourth-order valence-corrected chi connectivity index (χ4v) is 2.69. The quantitative estimate of drug-likeness (QED) is 0.463. The number of alkyl halides is 6. The van der Waals surface area contributed by atoms with Crippen molar-refractivity contribution >= 4 is 27.0 Å². The molecule has 0 amide bonds. The van der Waals surface area contributed by atoms with Gasteiger partial charge in [-0.1, -0.05) is 0 Å². The second kappa shape index (κ2) is 5.51. The maximum Gasteiger partial charge on any atom is 0.416 e. The third-order valence-electron chi connectivity index (χ3n) is 3.41. The molecule has 0 radical (unpaired) electrons. The molecule has 2 nitrogen and oxygen atoms in total. The summed E-state index contributed by atoms with van der Waals surface area (Å²) in [4.78, 5) is 3.86. The highest BCUT2D eigenvalue weighted by molar-refractivity contribution is 9.10. The van der Waals surface area contributed by atoms with Crippen LogP contribution in [-0.4, -0.2) is 9.55 Å². The number of benzene rings is 2. The summed E-state index contributed by atoms with van der Waals surface area (Å²) in [6, 6.07) is 5.94. The molecule has 0 fully saturated rings. The number of hydrogen-bond acceptors (Lipinski definition) is 1. The van der Waals surface area contributed by atoms with E-state index in [2.05, 4.69) is 20.9 Å².